The van der Waals surface area contributed by atoms with Gasteiger partial charge in [0, 0.05) is 29.1 Å². The Morgan fingerprint density at radius 1 is 1.28 bits per heavy atom. The van der Waals surface area contributed by atoms with Gasteiger partial charge in [-0.15, -0.1) is 0 Å². The molecule has 0 unspecified atom stereocenters. The summed E-state index contributed by atoms with van der Waals surface area (Å²) in [5.41, 5.74) is 0.712. The summed E-state index contributed by atoms with van der Waals surface area (Å²) in [5, 5.41) is 4.36. The third-order valence-corrected chi connectivity index (χ3v) is 4.73. The summed E-state index contributed by atoms with van der Waals surface area (Å²) in [4.78, 5) is 37.1. The number of alkyl halides is 3. The molecule has 178 valence electrons. The van der Waals surface area contributed by atoms with Crippen molar-refractivity contribution < 1.29 is 31.4 Å². The van der Waals surface area contributed by atoms with Crippen molar-refractivity contribution in [3.05, 3.63) is 42.1 Å². The van der Waals surface area contributed by atoms with Crippen LogP contribution in [0.4, 0.5) is 23.4 Å². The number of carbonyl (C=O) groups is 2. The fourth-order valence-electron chi connectivity index (χ4n) is 3.05. The van der Waals surface area contributed by atoms with E-state index in [1.54, 1.807) is 24.1 Å². The van der Waals surface area contributed by atoms with Crippen molar-refractivity contribution in [2.75, 3.05) is 25.0 Å². The van der Waals surface area contributed by atoms with Crippen LogP contribution in [0.25, 0.3) is 11.4 Å². The van der Waals surface area contributed by atoms with E-state index in [-0.39, 0.29) is 21.8 Å². The van der Waals surface area contributed by atoms with Gasteiger partial charge >= 0.3 is 6.18 Å². The zero-order valence-electron chi connectivity index (χ0n) is 17.3. The quantitative estimate of drug-likeness (QED) is 0.434. The van der Waals surface area contributed by atoms with Crippen LogP contribution < -0.4 is 10.6 Å². The molecular formula is C20H28F4N6O2. The van der Waals surface area contributed by atoms with Gasteiger partial charge in [0.15, 0.2) is 17.5 Å². The van der Waals surface area contributed by atoms with E-state index >= 15 is 0 Å². The molecule has 2 aromatic heterocycles. The molecule has 1 aliphatic rings. The molecule has 32 heavy (non-hydrogen) atoms. The average Bonchev–Trinajstić information content (AvgIpc) is 3.42. The molecule has 0 bridgehead atoms. The summed E-state index contributed by atoms with van der Waals surface area (Å²) in [6, 6.07) is 0.355. The molecule has 0 fully saturated rings. The van der Waals surface area contributed by atoms with Crippen LogP contribution in [0, 0.1) is 11.7 Å². The lowest BCUT2D eigenvalue weighted by Gasteiger charge is -2.23. The van der Waals surface area contributed by atoms with Crippen LogP contribution >= 0.6 is 0 Å². The number of nitrogens with one attached hydrogen (secondary N) is 3. The summed E-state index contributed by atoms with van der Waals surface area (Å²) < 4.78 is 51.6. The molecule has 2 amide bonds. The Kier molecular flexibility index (Phi) is 6.80. The van der Waals surface area contributed by atoms with Crippen molar-refractivity contribution in [3.63, 3.8) is 0 Å². The molecule has 0 radical (unpaired) electrons. The topological polar surface area (TPSA) is 103 Å². The normalized spacial score (nSPS) is 14.7. The minimum absolute atomic E-state index is 0. The molecule has 0 aromatic carbocycles. The fraction of sp³-hybridized carbons (Fsp3) is 0.400. The first-order chi connectivity index (χ1) is 15.0. The molecule has 2 aromatic rings. The molecule has 0 saturated carbocycles. The van der Waals surface area contributed by atoms with Crippen LogP contribution in [0.15, 0.2) is 30.6 Å². The van der Waals surface area contributed by atoms with E-state index in [0.717, 1.165) is 6.20 Å². The SMILES string of the molecule is CC(C)[C@@H](Nc1nc(-c2c[nH]c(C(=O)N3CC=CC3)c2)ncc1F)C(=O)NCC(F)(F)F.[HH].[HH].[HH]. The minimum atomic E-state index is -4.57. The Balaban J connectivity index is 0.00000385. The van der Waals surface area contributed by atoms with Gasteiger partial charge in [-0.1, -0.05) is 26.0 Å². The largest absolute Gasteiger partial charge is 0.405 e. The highest BCUT2D eigenvalue weighted by Gasteiger charge is 2.31. The number of halogens is 4. The highest BCUT2D eigenvalue weighted by atomic mass is 19.4. The Hall–Kier alpha value is -3.44. The number of rotatable bonds is 7. The van der Waals surface area contributed by atoms with Gasteiger partial charge in [0.1, 0.15) is 18.3 Å². The van der Waals surface area contributed by atoms with Gasteiger partial charge < -0.3 is 20.5 Å². The first-order valence-electron chi connectivity index (χ1n) is 9.81. The molecule has 3 N–H and O–H groups in total. The highest BCUT2D eigenvalue weighted by molar-refractivity contribution is 5.94. The lowest BCUT2D eigenvalue weighted by Crippen LogP contribution is -2.46. The van der Waals surface area contributed by atoms with Gasteiger partial charge in [0.25, 0.3) is 5.91 Å². The average molecular weight is 460 g/mol. The van der Waals surface area contributed by atoms with Crippen molar-refractivity contribution in [2.45, 2.75) is 26.1 Å². The second kappa shape index (κ2) is 9.37. The Bertz CT molecular complexity index is 1020. The Morgan fingerprint density at radius 3 is 2.59 bits per heavy atom. The zero-order chi connectivity index (χ0) is 23.5. The van der Waals surface area contributed by atoms with Crippen LogP contribution in [0.5, 0.6) is 0 Å². The molecule has 3 heterocycles. The number of hydrogen-bond donors (Lipinski definition) is 3. The van der Waals surface area contributed by atoms with Crippen LogP contribution in [-0.2, 0) is 4.79 Å². The summed E-state index contributed by atoms with van der Waals surface area (Å²) in [6.07, 6.45) is 1.55. The van der Waals surface area contributed by atoms with E-state index in [4.69, 9.17) is 0 Å². The summed E-state index contributed by atoms with van der Waals surface area (Å²) >= 11 is 0. The van der Waals surface area contributed by atoms with Crippen molar-refractivity contribution in [1.82, 2.24) is 25.2 Å². The molecule has 0 spiro atoms. The maximum atomic E-state index is 14.3. The Morgan fingerprint density at radius 2 is 1.97 bits per heavy atom. The molecule has 1 aliphatic heterocycles. The Labute approximate surface area is 185 Å². The van der Waals surface area contributed by atoms with Gasteiger partial charge in [-0.3, -0.25) is 9.59 Å². The highest BCUT2D eigenvalue weighted by Crippen LogP contribution is 2.22. The molecule has 3 rings (SSSR count). The maximum Gasteiger partial charge on any atom is 0.405 e. The lowest BCUT2D eigenvalue weighted by molar-refractivity contribution is -0.139. The van der Waals surface area contributed by atoms with Crippen LogP contribution in [0.1, 0.15) is 28.6 Å². The molecule has 12 heteroatoms. The smallest absolute Gasteiger partial charge is 0.356 e. The number of anilines is 1. The van der Waals surface area contributed by atoms with Crippen molar-refractivity contribution in [3.8, 4) is 11.4 Å². The zero-order valence-corrected chi connectivity index (χ0v) is 17.3. The first kappa shape index (κ1) is 23.2. The van der Waals surface area contributed by atoms with Gasteiger partial charge in [-0.2, -0.15) is 13.2 Å². The van der Waals surface area contributed by atoms with E-state index in [1.165, 1.54) is 12.3 Å². The van der Waals surface area contributed by atoms with Crippen LogP contribution in [0.2, 0.25) is 0 Å². The lowest BCUT2D eigenvalue weighted by atomic mass is 10.0. The fourth-order valence-corrected chi connectivity index (χ4v) is 3.05. The van der Waals surface area contributed by atoms with Gasteiger partial charge in [-0.05, 0) is 12.0 Å². The number of aromatic nitrogens is 3. The second-order valence-electron chi connectivity index (χ2n) is 7.57. The van der Waals surface area contributed by atoms with Gasteiger partial charge in [-0.25, -0.2) is 14.4 Å². The number of hydrogen-bond acceptors (Lipinski definition) is 5. The van der Waals surface area contributed by atoms with Gasteiger partial charge in [0.05, 0.1) is 6.20 Å². The van der Waals surface area contributed by atoms with Crippen LogP contribution in [-0.4, -0.2) is 63.5 Å². The third kappa shape index (κ3) is 5.62. The summed E-state index contributed by atoms with van der Waals surface area (Å²) in [5.74, 6) is -2.77. The first-order valence-corrected chi connectivity index (χ1v) is 9.81. The standard InChI is InChI=1S/C20H22F4N6O2.3H2/c1-11(2)15(18(31)27-10-20(22,23)24)28-17-13(21)9-26-16(29-17)12-7-14(25-8-12)19(32)30-5-3-4-6-30;;;/h3-4,7-9,11,15,25H,5-6,10H2,1-2H3,(H,27,31)(H,26,28,29);3*1H/t15-;;;/m1.../s1. The minimum Gasteiger partial charge on any atom is -0.356 e. The van der Waals surface area contributed by atoms with E-state index in [2.05, 4.69) is 20.3 Å². The molecule has 0 saturated heterocycles. The van der Waals surface area contributed by atoms with Crippen molar-refractivity contribution >= 4 is 17.6 Å². The van der Waals surface area contributed by atoms with Gasteiger partial charge in [0.2, 0.25) is 5.91 Å². The van der Waals surface area contributed by atoms with E-state index in [1.807, 2.05) is 12.2 Å². The van der Waals surface area contributed by atoms with E-state index in [0.29, 0.717) is 24.3 Å². The summed E-state index contributed by atoms with van der Waals surface area (Å²) in [7, 11) is 0. The van der Waals surface area contributed by atoms with Crippen molar-refractivity contribution in [2.24, 2.45) is 5.92 Å². The number of H-pyrrole nitrogens is 1. The van der Waals surface area contributed by atoms with E-state index in [9.17, 15) is 27.2 Å². The number of aromatic amines is 1. The number of carbonyl (C=O) groups excluding carboxylic acids is 2. The molecule has 8 nitrogen and oxygen atoms in total. The summed E-state index contributed by atoms with van der Waals surface area (Å²) in [6.45, 7) is 2.70. The molecular weight excluding hydrogens is 432 g/mol. The maximum absolute atomic E-state index is 14.3. The van der Waals surface area contributed by atoms with E-state index < -0.39 is 36.4 Å². The second-order valence-corrected chi connectivity index (χ2v) is 7.57. The van der Waals surface area contributed by atoms with Crippen LogP contribution in [0.3, 0.4) is 0 Å². The number of amides is 2. The molecule has 0 aliphatic carbocycles. The van der Waals surface area contributed by atoms with Crippen molar-refractivity contribution in [1.29, 1.82) is 0 Å². The predicted molar refractivity (Wildman–Crippen MR) is 114 cm³/mol. The predicted octanol–water partition coefficient (Wildman–Crippen LogP) is 3.48. The monoisotopic (exact) mass is 460 g/mol. The molecule has 1 atom stereocenters. The number of nitrogens with zero attached hydrogens (tertiary/aromatic N) is 3. The third-order valence-electron chi connectivity index (χ3n) is 4.73.